The summed E-state index contributed by atoms with van der Waals surface area (Å²) in [4.78, 5) is 0. The van der Waals surface area contributed by atoms with Crippen LogP contribution in [0.5, 0.6) is 0 Å². The van der Waals surface area contributed by atoms with E-state index in [9.17, 15) is 0 Å². The van der Waals surface area contributed by atoms with Crippen molar-refractivity contribution in [3.63, 3.8) is 0 Å². The van der Waals surface area contributed by atoms with E-state index in [4.69, 9.17) is 5.73 Å². The second kappa shape index (κ2) is 3.84. The first-order valence-corrected chi connectivity index (χ1v) is 5.50. The summed E-state index contributed by atoms with van der Waals surface area (Å²) >= 11 is 1.73. The van der Waals surface area contributed by atoms with Gasteiger partial charge in [-0.15, -0.1) is 0 Å². The molecule has 3 nitrogen and oxygen atoms in total. The van der Waals surface area contributed by atoms with Crippen LogP contribution in [0.4, 0.5) is 5.82 Å². The molecule has 0 saturated heterocycles. The summed E-state index contributed by atoms with van der Waals surface area (Å²) in [6.45, 7) is 2.87. The summed E-state index contributed by atoms with van der Waals surface area (Å²) in [6.07, 6.45) is 3.01. The van der Waals surface area contributed by atoms with Crippen LogP contribution in [0.2, 0.25) is 0 Å². The van der Waals surface area contributed by atoms with Gasteiger partial charge in [-0.3, -0.25) is 4.68 Å². The van der Waals surface area contributed by atoms with Crippen LogP contribution in [0.3, 0.4) is 0 Å². The van der Waals surface area contributed by atoms with E-state index in [-0.39, 0.29) is 0 Å². The molecule has 4 heteroatoms. The number of anilines is 1. The summed E-state index contributed by atoms with van der Waals surface area (Å²) in [5.41, 5.74) is 8.07. The topological polar surface area (TPSA) is 43.8 Å². The van der Waals surface area contributed by atoms with Gasteiger partial charge in [-0.2, -0.15) is 16.4 Å². The highest BCUT2D eigenvalue weighted by Crippen LogP contribution is 2.10. The highest BCUT2D eigenvalue weighted by atomic mass is 32.1. The third kappa shape index (κ3) is 1.96. The van der Waals surface area contributed by atoms with Crippen molar-refractivity contribution in [2.45, 2.75) is 19.9 Å². The van der Waals surface area contributed by atoms with E-state index in [1.165, 1.54) is 5.56 Å². The first kappa shape index (κ1) is 9.27. The van der Waals surface area contributed by atoms with E-state index in [2.05, 4.69) is 21.9 Å². The Morgan fingerprint density at radius 2 is 2.43 bits per heavy atom. The molecule has 0 aliphatic heterocycles. The molecule has 0 fully saturated rings. The number of nitrogens with two attached hydrogens (primary N) is 1. The molecule has 0 aliphatic rings. The van der Waals surface area contributed by atoms with E-state index in [1.807, 2.05) is 17.8 Å². The van der Waals surface area contributed by atoms with Gasteiger partial charge in [0.1, 0.15) is 5.82 Å². The first-order valence-electron chi connectivity index (χ1n) is 4.56. The summed E-state index contributed by atoms with van der Waals surface area (Å²) in [5.74, 6) is 0.635. The Bertz CT molecular complexity index is 383. The lowest BCUT2D eigenvalue weighted by Gasteiger charge is -1.98. The third-order valence-corrected chi connectivity index (χ3v) is 2.92. The molecular formula is C10H13N3S. The number of aromatic nitrogens is 2. The molecule has 0 spiro atoms. The van der Waals surface area contributed by atoms with E-state index < -0.39 is 0 Å². The lowest BCUT2D eigenvalue weighted by molar-refractivity contribution is 0.617. The minimum absolute atomic E-state index is 0.635. The van der Waals surface area contributed by atoms with E-state index in [1.54, 1.807) is 11.3 Å². The van der Waals surface area contributed by atoms with Crippen molar-refractivity contribution in [1.82, 2.24) is 9.78 Å². The second-order valence-corrected chi connectivity index (χ2v) is 4.12. The van der Waals surface area contributed by atoms with Gasteiger partial charge < -0.3 is 5.73 Å². The Morgan fingerprint density at radius 1 is 1.57 bits per heavy atom. The van der Waals surface area contributed by atoms with Crippen LogP contribution in [-0.2, 0) is 13.0 Å². The maximum absolute atomic E-state index is 5.66. The van der Waals surface area contributed by atoms with Gasteiger partial charge in [0.05, 0.1) is 0 Å². The molecule has 2 aromatic heterocycles. The lowest BCUT2D eigenvalue weighted by atomic mass is 10.2. The van der Waals surface area contributed by atoms with Crippen LogP contribution >= 0.6 is 11.3 Å². The Morgan fingerprint density at radius 3 is 3.00 bits per heavy atom. The van der Waals surface area contributed by atoms with Crippen molar-refractivity contribution < 1.29 is 0 Å². The van der Waals surface area contributed by atoms with Gasteiger partial charge in [-0.05, 0) is 35.7 Å². The predicted octanol–water partition coefficient (Wildman–Crippen LogP) is 2.08. The number of nitrogens with zero attached hydrogens (tertiary/aromatic N) is 2. The Balaban J connectivity index is 1.98. The van der Waals surface area contributed by atoms with Crippen LogP contribution in [0.15, 0.2) is 23.0 Å². The van der Waals surface area contributed by atoms with Crippen LogP contribution in [-0.4, -0.2) is 9.78 Å². The van der Waals surface area contributed by atoms with Gasteiger partial charge in [-0.1, -0.05) is 0 Å². The highest BCUT2D eigenvalue weighted by molar-refractivity contribution is 7.07. The van der Waals surface area contributed by atoms with Gasteiger partial charge in [0.2, 0.25) is 0 Å². The van der Waals surface area contributed by atoms with Crippen molar-refractivity contribution in [3.05, 3.63) is 34.2 Å². The largest absolute Gasteiger partial charge is 0.382 e. The smallest absolute Gasteiger partial charge is 0.148 e. The molecule has 0 bridgehead atoms. The number of nitrogen functional groups attached to an aromatic ring is 1. The number of hydrogen-bond donors (Lipinski definition) is 1. The standard InChI is InChI=1S/C10H13N3S/c1-8-6-13(12-10(8)11)4-2-9-3-5-14-7-9/h3,5-7H,2,4H2,1H3,(H2,11,12). The second-order valence-electron chi connectivity index (χ2n) is 3.34. The minimum atomic E-state index is 0.635. The van der Waals surface area contributed by atoms with Gasteiger partial charge in [0, 0.05) is 18.3 Å². The first-order chi connectivity index (χ1) is 6.75. The van der Waals surface area contributed by atoms with Crippen molar-refractivity contribution in [1.29, 1.82) is 0 Å². The van der Waals surface area contributed by atoms with Gasteiger partial charge in [0.15, 0.2) is 0 Å². The van der Waals surface area contributed by atoms with Crippen LogP contribution in [0.1, 0.15) is 11.1 Å². The summed E-state index contributed by atoms with van der Waals surface area (Å²) in [7, 11) is 0. The van der Waals surface area contributed by atoms with Crippen LogP contribution in [0.25, 0.3) is 0 Å². The van der Waals surface area contributed by atoms with Crippen molar-refractivity contribution >= 4 is 17.2 Å². The molecule has 0 unspecified atom stereocenters. The van der Waals surface area contributed by atoms with Gasteiger partial charge in [-0.25, -0.2) is 0 Å². The molecule has 2 rings (SSSR count). The zero-order valence-electron chi connectivity index (χ0n) is 8.10. The molecule has 74 valence electrons. The number of thiophene rings is 1. The maximum Gasteiger partial charge on any atom is 0.148 e. The molecule has 0 aromatic carbocycles. The molecule has 0 radical (unpaired) electrons. The monoisotopic (exact) mass is 207 g/mol. The fraction of sp³-hybridized carbons (Fsp3) is 0.300. The maximum atomic E-state index is 5.66. The lowest BCUT2D eigenvalue weighted by Crippen LogP contribution is -2.01. The average Bonchev–Trinajstić information content (AvgIpc) is 2.74. The van der Waals surface area contributed by atoms with E-state index in [0.29, 0.717) is 5.82 Å². The predicted molar refractivity (Wildman–Crippen MR) is 59.4 cm³/mol. The zero-order valence-corrected chi connectivity index (χ0v) is 8.92. The molecule has 0 atom stereocenters. The molecule has 2 N–H and O–H groups in total. The molecule has 0 saturated carbocycles. The zero-order chi connectivity index (χ0) is 9.97. The molecule has 14 heavy (non-hydrogen) atoms. The van der Waals surface area contributed by atoms with Gasteiger partial charge in [0.25, 0.3) is 0 Å². The summed E-state index contributed by atoms with van der Waals surface area (Å²) in [6, 6.07) is 2.14. The average molecular weight is 207 g/mol. The molecular weight excluding hydrogens is 194 g/mol. The normalized spacial score (nSPS) is 10.6. The quantitative estimate of drug-likeness (QED) is 0.837. The van der Waals surface area contributed by atoms with E-state index in [0.717, 1.165) is 18.5 Å². The molecule has 0 aliphatic carbocycles. The molecule has 2 heterocycles. The van der Waals surface area contributed by atoms with Gasteiger partial charge >= 0.3 is 0 Å². The Hall–Kier alpha value is -1.29. The van der Waals surface area contributed by atoms with Crippen LogP contribution in [0, 0.1) is 6.92 Å². The van der Waals surface area contributed by atoms with Crippen molar-refractivity contribution in [2.75, 3.05) is 5.73 Å². The number of aryl methyl sites for hydroxylation is 3. The minimum Gasteiger partial charge on any atom is -0.382 e. The molecule has 0 amide bonds. The fourth-order valence-electron chi connectivity index (χ4n) is 1.33. The van der Waals surface area contributed by atoms with Crippen molar-refractivity contribution in [3.8, 4) is 0 Å². The SMILES string of the molecule is Cc1cn(CCc2ccsc2)nc1N. The number of hydrogen-bond acceptors (Lipinski definition) is 3. The third-order valence-electron chi connectivity index (χ3n) is 2.19. The highest BCUT2D eigenvalue weighted by Gasteiger charge is 2.00. The number of rotatable bonds is 3. The Labute approximate surface area is 87.2 Å². The van der Waals surface area contributed by atoms with E-state index >= 15 is 0 Å². The fourth-order valence-corrected chi connectivity index (χ4v) is 2.03. The summed E-state index contributed by atoms with van der Waals surface area (Å²) in [5, 5.41) is 8.47. The molecule has 2 aromatic rings. The summed E-state index contributed by atoms with van der Waals surface area (Å²) < 4.78 is 1.91. The van der Waals surface area contributed by atoms with Crippen LogP contribution < -0.4 is 5.73 Å². The Kier molecular flexibility index (Phi) is 2.54. The van der Waals surface area contributed by atoms with Crippen molar-refractivity contribution in [2.24, 2.45) is 0 Å².